The second-order valence-electron chi connectivity index (χ2n) is 4.64. The number of carbonyl (C=O) groups excluding carboxylic acids is 1. The van der Waals surface area contributed by atoms with E-state index in [0.717, 1.165) is 18.4 Å². The number of nitrogens with zero attached hydrogens (tertiary/aromatic N) is 1. The van der Waals surface area contributed by atoms with Gasteiger partial charge in [-0.3, -0.25) is 0 Å². The number of rotatable bonds is 2. The third-order valence-electron chi connectivity index (χ3n) is 2.20. The summed E-state index contributed by atoms with van der Waals surface area (Å²) >= 11 is 0. The number of esters is 1. The zero-order valence-corrected chi connectivity index (χ0v) is 9.33. The summed E-state index contributed by atoms with van der Waals surface area (Å²) in [5.41, 5.74) is 0.851. The molecule has 0 amide bonds. The van der Waals surface area contributed by atoms with Gasteiger partial charge in [0.25, 0.3) is 0 Å². The largest absolute Gasteiger partial charge is 0.456 e. The van der Waals surface area contributed by atoms with Crippen molar-refractivity contribution < 1.29 is 9.53 Å². The molecule has 1 aliphatic rings. The number of cyclic esters (lactones) is 1. The van der Waals surface area contributed by atoms with Crippen LogP contribution in [0.4, 0.5) is 0 Å². The maximum Gasteiger partial charge on any atom is 0.331 e. The van der Waals surface area contributed by atoms with Crippen LogP contribution in [0.25, 0.3) is 0 Å². The average molecular weight is 196 g/mol. The van der Waals surface area contributed by atoms with Gasteiger partial charge in [0, 0.05) is 18.6 Å². The molecule has 0 N–H and O–H groups in total. The number of hydrogen-bond acceptors (Lipinski definition) is 2. The van der Waals surface area contributed by atoms with Crippen molar-refractivity contribution in [3.63, 3.8) is 0 Å². The minimum Gasteiger partial charge on any atom is -0.456 e. The van der Waals surface area contributed by atoms with E-state index in [1.54, 1.807) is 6.08 Å². The third kappa shape index (κ3) is 3.50. The van der Waals surface area contributed by atoms with E-state index < -0.39 is 0 Å². The lowest BCUT2D eigenvalue weighted by molar-refractivity contribution is -0.155. The molecule has 0 fully saturated rings. The molecule has 0 aromatic heterocycles. The van der Waals surface area contributed by atoms with E-state index in [-0.39, 0.29) is 17.7 Å². The Hall–Kier alpha value is -0.830. The molecule has 3 heteroatoms. The quantitative estimate of drug-likeness (QED) is 0.636. The second-order valence-corrected chi connectivity index (χ2v) is 4.64. The molecular weight excluding hydrogens is 178 g/mol. The average Bonchev–Trinajstić information content (AvgIpc) is 1.77. The highest BCUT2D eigenvalue weighted by atomic mass is 16.6. The summed E-state index contributed by atoms with van der Waals surface area (Å²) in [6.45, 7) is 8.29. The van der Waals surface area contributed by atoms with Gasteiger partial charge in [-0.25, -0.2) is 4.79 Å². The van der Waals surface area contributed by atoms with Gasteiger partial charge in [-0.1, -0.05) is 19.4 Å². The van der Waals surface area contributed by atoms with Crippen LogP contribution in [0.2, 0.25) is 0 Å². The van der Waals surface area contributed by atoms with E-state index in [2.05, 4.69) is 13.8 Å². The van der Waals surface area contributed by atoms with Crippen molar-refractivity contribution in [2.45, 2.75) is 46.1 Å². The van der Waals surface area contributed by atoms with E-state index in [1.807, 2.05) is 13.8 Å². The predicted molar refractivity (Wildman–Crippen MR) is 54.5 cm³/mol. The molecule has 0 saturated heterocycles. The number of ether oxygens (including phenoxy) is 1. The molecule has 3 radical (unpaired) electrons. The maximum absolute atomic E-state index is 11.2. The van der Waals surface area contributed by atoms with Crippen LogP contribution in [0.3, 0.4) is 0 Å². The summed E-state index contributed by atoms with van der Waals surface area (Å²) in [6, 6.07) is 0. The standard InChI is InChI=1S/C11H18O2.N/c1-8(2)6-11(4)7-9(3)5-10(12)13-11;/h5,8H,6-7H2,1-4H3;. The molecule has 1 rings (SSSR count). The van der Waals surface area contributed by atoms with Crippen LogP contribution in [0.1, 0.15) is 40.5 Å². The van der Waals surface area contributed by atoms with E-state index in [1.165, 1.54) is 0 Å². The summed E-state index contributed by atoms with van der Waals surface area (Å²) in [5, 5.41) is 0. The Kier molecular flexibility index (Phi) is 4.33. The third-order valence-corrected chi connectivity index (χ3v) is 2.20. The lowest BCUT2D eigenvalue weighted by atomic mass is 9.87. The molecule has 0 aromatic rings. The number of hydrogen-bond donors (Lipinski definition) is 0. The monoisotopic (exact) mass is 196 g/mol. The fourth-order valence-electron chi connectivity index (χ4n) is 2.13. The van der Waals surface area contributed by atoms with E-state index in [4.69, 9.17) is 4.74 Å². The summed E-state index contributed by atoms with van der Waals surface area (Å²) < 4.78 is 5.34. The fraction of sp³-hybridized carbons (Fsp3) is 0.727. The molecule has 0 bridgehead atoms. The van der Waals surface area contributed by atoms with E-state index >= 15 is 0 Å². The second kappa shape index (κ2) is 4.60. The van der Waals surface area contributed by atoms with Crippen LogP contribution >= 0.6 is 0 Å². The minimum atomic E-state index is -0.274. The van der Waals surface area contributed by atoms with Gasteiger partial charge in [-0.2, -0.15) is 0 Å². The molecule has 0 aliphatic carbocycles. The molecule has 1 unspecified atom stereocenters. The van der Waals surface area contributed by atoms with Crippen molar-refractivity contribution in [1.82, 2.24) is 6.15 Å². The first kappa shape index (κ1) is 13.2. The van der Waals surface area contributed by atoms with Crippen molar-refractivity contribution in [3.8, 4) is 0 Å². The van der Waals surface area contributed by atoms with Crippen LogP contribution in [0.5, 0.6) is 0 Å². The lowest BCUT2D eigenvalue weighted by Gasteiger charge is -2.34. The summed E-state index contributed by atoms with van der Waals surface area (Å²) in [7, 11) is 0. The maximum atomic E-state index is 11.2. The highest BCUT2D eigenvalue weighted by Gasteiger charge is 2.32. The van der Waals surface area contributed by atoms with Gasteiger partial charge >= 0.3 is 5.97 Å². The molecule has 1 aliphatic heterocycles. The van der Waals surface area contributed by atoms with Gasteiger partial charge in [0.05, 0.1) is 0 Å². The van der Waals surface area contributed by atoms with Crippen LogP contribution in [-0.4, -0.2) is 11.6 Å². The van der Waals surface area contributed by atoms with Gasteiger partial charge < -0.3 is 4.74 Å². The Bertz CT molecular complexity index is 246. The molecule has 0 aromatic carbocycles. The van der Waals surface area contributed by atoms with E-state index in [0.29, 0.717) is 5.92 Å². The smallest absolute Gasteiger partial charge is 0.331 e. The van der Waals surface area contributed by atoms with Crippen LogP contribution in [0.15, 0.2) is 11.6 Å². The summed E-state index contributed by atoms with van der Waals surface area (Å²) in [4.78, 5) is 11.2. The molecule has 1 heterocycles. The molecule has 79 valence electrons. The lowest BCUT2D eigenvalue weighted by Crippen LogP contribution is -2.36. The van der Waals surface area contributed by atoms with Crippen LogP contribution < -0.4 is 6.15 Å². The number of carbonyl (C=O) groups is 1. The topological polar surface area (TPSA) is 56.8 Å². The Balaban J connectivity index is 0.00000169. The van der Waals surface area contributed by atoms with Gasteiger partial charge in [0.15, 0.2) is 0 Å². The molecule has 1 atom stereocenters. The van der Waals surface area contributed by atoms with Crippen LogP contribution in [0, 0.1) is 5.92 Å². The van der Waals surface area contributed by atoms with Crippen molar-refractivity contribution in [2.24, 2.45) is 5.92 Å². The molecular formula is C11H18NO2. The SMILES string of the molecule is CC1=CC(=O)OC(C)(CC(C)C)C1.[N]. The van der Waals surface area contributed by atoms with Gasteiger partial charge in [0.1, 0.15) is 5.60 Å². The molecule has 0 saturated carbocycles. The van der Waals surface area contributed by atoms with Crippen LogP contribution in [-0.2, 0) is 9.53 Å². The van der Waals surface area contributed by atoms with Crippen molar-refractivity contribution >= 4 is 5.97 Å². The van der Waals surface area contributed by atoms with Crippen molar-refractivity contribution in [1.29, 1.82) is 0 Å². The Morgan fingerprint density at radius 3 is 2.57 bits per heavy atom. The fourth-order valence-corrected chi connectivity index (χ4v) is 2.13. The molecule has 14 heavy (non-hydrogen) atoms. The highest BCUT2D eigenvalue weighted by molar-refractivity contribution is 5.84. The van der Waals surface area contributed by atoms with E-state index in [9.17, 15) is 4.79 Å². The Labute approximate surface area is 86.1 Å². The highest BCUT2D eigenvalue weighted by Crippen LogP contribution is 2.31. The summed E-state index contributed by atoms with van der Waals surface area (Å²) in [6.07, 6.45) is 3.39. The predicted octanol–water partition coefficient (Wildman–Crippen LogP) is 2.20. The first-order valence-electron chi connectivity index (χ1n) is 4.81. The zero-order valence-electron chi connectivity index (χ0n) is 9.33. The minimum absolute atomic E-state index is 0. The van der Waals surface area contributed by atoms with Crippen molar-refractivity contribution in [3.05, 3.63) is 11.6 Å². The normalized spacial score (nSPS) is 26.6. The first-order chi connectivity index (χ1) is 5.91. The Morgan fingerprint density at radius 2 is 2.14 bits per heavy atom. The van der Waals surface area contributed by atoms with Crippen molar-refractivity contribution in [2.75, 3.05) is 0 Å². The summed E-state index contributed by atoms with van der Waals surface area (Å²) in [5.74, 6) is 0.371. The zero-order chi connectivity index (χ0) is 10.1. The van der Waals surface area contributed by atoms with Gasteiger partial charge in [-0.15, -0.1) is 0 Å². The van der Waals surface area contributed by atoms with Gasteiger partial charge in [0.2, 0.25) is 0 Å². The first-order valence-corrected chi connectivity index (χ1v) is 4.81. The Morgan fingerprint density at radius 1 is 1.57 bits per heavy atom. The van der Waals surface area contributed by atoms with Gasteiger partial charge in [-0.05, 0) is 26.2 Å². The molecule has 3 nitrogen and oxygen atoms in total. The molecule has 0 spiro atoms.